The highest BCUT2D eigenvalue weighted by Crippen LogP contribution is 2.32. The third kappa shape index (κ3) is 4.68. The van der Waals surface area contributed by atoms with Crippen molar-refractivity contribution in [1.29, 1.82) is 0 Å². The van der Waals surface area contributed by atoms with E-state index in [1.165, 1.54) is 25.9 Å². The van der Waals surface area contributed by atoms with Gasteiger partial charge in [0, 0.05) is 6.54 Å². The summed E-state index contributed by atoms with van der Waals surface area (Å²) in [6.45, 7) is 10.9. The third-order valence-corrected chi connectivity index (χ3v) is 5.53. The molecular formula is C17H33N3O. The van der Waals surface area contributed by atoms with E-state index < -0.39 is 0 Å². The number of carbonyl (C=O) groups is 1. The van der Waals surface area contributed by atoms with E-state index in [1.54, 1.807) is 0 Å². The third-order valence-electron chi connectivity index (χ3n) is 5.53. The minimum Gasteiger partial charge on any atom is -0.356 e. The van der Waals surface area contributed by atoms with Crippen LogP contribution in [0.3, 0.4) is 0 Å². The number of piperidine rings is 2. The molecule has 0 aromatic rings. The standard InChI is InChI=1S/C17H33N3O/c1-3-17(7-10-18-11-8-17)16(21)19-9-4-12-20-13-5-15(2)6-14-20/h15,18H,3-14H2,1-2H3,(H,19,21). The van der Waals surface area contributed by atoms with Gasteiger partial charge in [0.2, 0.25) is 5.91 Å². The maximum atomic E-state index is 12.5. The second kappa shape index (κ2) is 8.14. The van der Waals surface area contributed by atoms with Crippen molar-refractivity contribution in [3.05, 3.63) is 0 Å². The predicted octanol–water partition coefficient (Wildman–Crippen LogP) is 2.00. The minimum absolute atomic E-state index is 0.105. The zero-order chi connectivity index (χ0) is 15.1. The van der Waals surface area contributed by atoms with Crippen LogP contribution in [-0.4, -0.2) is 50.1 Å². The fourth-order valence-corrected chi connectivity index (χ4v) is 3.62. The Hall–Kier alpha value is -0.610. The fourth-order valence-electron chi connectivity index (χ4n) is 3.62. The fraction of sp³-hybridized carbons (Fsp3) is 0.941. The van der Waals surface area contributed by atoms with Crippen molar-refractivity contribution >= 4 is 5.91 Å². The number of amides is 1. The van der Waals surface area contributed by atoms with Gasteiger partial charge in [-0.3, -0.25) is 4.79 Å². The van der Waals surface area contributed by atoms with Crippen molar-refractivity contribution in [1.82, 2.24) is 15.5 Å². The van der Waals surface area contributed by atoms with E-state index in [-0.39, 0.29) is 5.41 Å². The molecular weight excluding hydrogens is 262 g/mol. The molecule has 122 valence electrons. The Bertz CT molecular complexity index is 318. The molecule has 0 radical (unpaired) electrons. The molecule has 4 nitrogen and oxygen atoms in total. The number of nitrogens with one attached hydrogen (secondary N) is 2. The van der Waals surface area contributed by atoms with Gasteiger partial charge in [-0.1, -0.05) is 13.8 Å². The van der Waals surface area contributed by atoms with Crippen LogP contribution in [0.15, 0.2) is 0 Å². The van der Waals surface area contributed by atoms with Crippen molar-refractivity contribution in [2.75, 3.05) is 39.3 Å². The second-order valence-electron chi connectivity index (χ2n) is 7.02. The Morgan fingerprint density at radius 3 is 2.57 bits per heavy atom. The van der Waals surface area contributed by atoms with Crippen LogP contribution in [0.2, 0.25) is 0 Å². The van der Waals surface area contributed by atoms with Gasteiger partial charge in [0.05, 0.1) is 5.41 Å². The lowest BCUT2D eigenvalue weighted by Crippen LogP contribution is -2.47. The van der Waals surface area contributed by atoms with Crippen LogP contribution in [0.1, 0.15) is 52.4 Å². The maximum Gasteiger partial charge on any atom is 0.226 e. The molecule has 2 fully saturated rings. The molecule has 0 atom stereocenters. The molecule has 1 amide bonds. The molecule has 0 saturated carbocycles. The van der Waals surface area contributed by atoms with Crippen LogP contribution in [0.5, 0.6) is 0 Å². The molecule has 21 heavy (non-hydrogen) atoms. The quantitative estimate of drug-likeness (QED) is 0.737. The van der Waals surface area contributed by atoms with Crippen LogP contribution in [-0.2, 0) is 4.79 Å². The summed E-state index contributed by atoms with van der Waals surface area (Å²) in [5, 5.41) is 6.55. The van der Waals surface area contributed by atoms with E-state index in [1.807, 2.05) is 0 Å². The van der Waals surface area contributed by atoms with Crippen LogP contribution in [0.25, 0.3) is 0 Å². The van der Waals surface area contributed by atoms with Crippen molar-refractivity contribution in [3.8, 4) is 0 Å². The number of carbonyl (C=O) groups excluding carboxylic acids is 1. The molecule has 0 aromatic carbocycles. The van der Waals surface area contributed by atoms with Gasteiger partial charge in [-0.2, -0.15) is 0 Å². The van der Waals surface area contributed by atoms with Crippen molar-refractivity contribution < 1.29 is 4.79 Å². The summed E-state index contributed by atoms with van der Waals surface area (Å²) in [7, 11) is 0. The smallest absolute Gasteiger partial charge is 0.226 e. The number of hydrogen-bond donors (Lipinski definition) is 2. The molecule has 4 heteroatoms. The Balaban J connectivity index is 1.64. The Kier molecular flexibility index (Phi) is 6.49. The Labute approximate surface area is 130 Å². The van der Waals surface area contributed by atoms with Crippen molar-refractivity contribution in [3.63, 3.8) is 0 Å². The zero-order valence-corrected chi connectivity index (χ0v) is 13.9. The summed E-state index contributed by atoms with van der Waals surface area (Å²) in [6, 6.07) is 0. The van der Waals surface area contributed by atoms with Gasteiger partial charge in [-0.25, -0.2) is 0 Å². The van der Waals surface area contributed by atoms with Gasteiger partial charge < -0.3 is 15.5 Å². The van der Waals surface area contributed by atoms with E-state index in [0.717, 1.165) is 57.8 Å². The lowest BCUT2D eigenvalue weighted by Gasteiger charge is -2.35. The molecule has 2 N–H and O–H groups in total. The summed E-state index contributed by atoms with van der Waals surface area (Å²) in [6.07, 6.45) is 6.68. The Morgan fingerprint density at radius 2 is 1.95 bits per heavy atom. The second-order valence-corrected chi connectivity index (χ2v) is 7.02. The monoisotopic (exact) mass is 295 g/mol. The lowest BCUT2D eigenvalue weighted by atomic mass is 9.76. The Morgan fingerprint density at radius 1 is 1.29 bits per heavy atom. The highest BCUT2D eigenvalue weighted by atomic mass is 16.2. The van der Waals surface area contributed by atoms with Gasteiger partial charge in [0.25, 0.3) is 0 Å². The zero-order valence-electron chi connectivity index (χ0n) is 13.9. The molecule has 0 bridgehead atoms. The molecule has 2 saturated heterocycles. The first kappa shape index (κ1) is 16.8. The van der Waals surface area contributed by atoms with Gasteiger partial charge in [-0.15, -0.1) is 0 Å². The van der Waals surface area contributed by atoms with Crippen LogP contribution < -0.4 is 10.6 Å². The SMILES string of the molecule is CCC1(C(=O)NCCCN2CCC(C)CC2)CCNCC1. The van der Waals surface area contributed by atoms with E-state index in [9.17, 15) is 4.79 Å². The number of hydrogen-bond acceptors (Lipinski definition) is 3. The number of likely N-dealkylation sites (tertiary alicyclic amines) is 1. The molecule has 2 aliphatic rings. The summed E-state index contributed by atoms with van der Waals surface area (Å²) in [5.74, 6) is 1.18. The minimum atomic E-state index is -0.105. The number of nitrogens with zero attached hydrogens (tertiary/aromatic N) is 1. The lowest BCUT2D eigenvalue weighted by molar-refractivity contribution is -0.132. The first-order valence-electron chi connectivity index (χ1n) is 8.88. The van der Waals surface area contributed by atoms with Crippen molar-refractivity contribution in [2.24, 2.45) is 11.3 Å². The average molecular weight is 295 g/mol. The van der Waals surface area contributed by atoms with E-state index >= 15 is 0 Å². The molecule has 0 aliphatic carbocycles. The molecule has 2 rings (SSSR count). The van der Waals surface area contributed by atoms with Crippen LogP contribution in [0, 0.1) is 11.3 Å². The van der Waals surface area contributed by atoms with Gasteiger partial charge in [0.1, 0.15) is 0 Å². The van der Waals surface area contributed by atoms with Gasteiger partial charge in [-0.05, 0) is 77.2 Å². The summed E-state index contributed by atoms with van der Waals surface area (Å²) in [5.41, 5.74) is -0.105. The normalized spacial score (nSPS) is 23.9. The van der Waals surface area contributed by atoms with Gasteiger partial charge >= 0.3 is 0 Å². The first-order chi connectivity index (χ1) is 10.2. The van der Waals surface area contributed by atoms with E-state index in [4.69, 9.17) is 0 Å². The van der Waals surface area contributed by atoms with E-state index in [2.05, 4.69) is 29.4 Å². The molecule has 2 aliphatic heterocycles. The molecule has 2 heterocycles. The first-order valence-corrected chi connectivity index (χ1v) is 8.88. The highest BCUT2D eigenvalue weighted by Gasteiger charge is 2.37. The predicted molar refractivity (Wildman–Crippen MR) is 87.3 cm³/mol. The maximum absolute atomic E-state index is 12.5. The van der Waals surface area contributed by atoms with Crippen LogP contribution in [0.4, 0.5) is 0 Å². The number of rotatable bonds is 6. The van der Waals surface area contributed by atoms with Crippen molar-refractivity contribution in [2.45, 2.75) is 52.4 Å². The summed E-state index contributed by atoms with van der Waals surface area (Å²) >= 11 is 0. The van der Waals surface area contributed by atoms with Crippen LogP contribution >= 0.6 is 0 Å². The molecule has 0 spiro atoms. The highest BCUT2D eigenvalue weighted by molar-refractivity contribution is 5.82. The largest absolute Gasteiger partial charge is 0.356 e. The van der Waals surface area contributed by atoms with E-state index in [0.29, 0.717) is 5.91 Å². The topological polar surface area (TPSA) is 44.4 Å². The van der Waals surface area contributed by atoms with Gasteiger partial charge in [0.15, 0.2) is 0 Å². The summed E-state index contributed by atoms with van der Waals surface area (Å²) in [4.78, 5) is 15.0. The summed E-state index contributed by atoms with van der Waals surface area (Å²) < 4.78 is 0. The molecule has 0 aromatic heterocycles. The average Bonchev–Trinajstić information content (AvgIpc) is 2.53. The molecule has 0 unspecified atom stereocenters.